The average molecular weight is 224 g/mol. The molecule has 1 N–H and O–H groups in total. The van der Waals surface area contributed by atoms with Gasteiger partial charge in [0.1, 0.15) is 0 Å². The molecule has 94 valence electrons. The second kappa shape index (κ2) is 5.50. The third-order valence-corrected chi connectivity index (χ3v) is 4.75. The van der Waals surface area contributed by atoms with Gasteiger partial charge in [-0.2, -0.15) is 0 Å². The van der Waals surface area contributed by atoms with Crippen LogP contribution in [0.5, 0.6) is 0 Å². The zero-order valence-corrected chi connectivity index (χ0v) is 11.2. The highest BCUT2D eigenvalue weighted by Crippen LogP contribution is 2.34. The van der Waals surface area contributed by atoms with Crippen molar-refractivity contribution in [3.8, 4) is 0 Å². The molecule has 16 heavy (non-hydrogen) atoms. The summed E-state index contributed by atoms with van der Waals surface area (Å²) in [6.45, 7) is 6.06. The van der Waals surface area contributed by atoms with Crippen molar-refractivity contribution in [3.63, 3.8) is 0 Å². The number of piperidine rings is 2. The van der Waals surface area contributed by atoms with E-state index < -0.39 is 0 Å². The molecule has 2 aliphatic heterocycles. The molecule has 2 heterocycles. The molecule has 0 saturated carbocycles. The Morgan fingerprint density at radius 3 is 2.38 bits per heavy atom. The van der Waals surface area contributed by atoms with Crippen LogP contribution >= 0.6 is 0 Å². The Hall–Kier alpha value is -0.0800. The van der Waals surface area contributed by atoms with E-state index in [1.165, 1.54) is 45.1 Å². The summed E-state index contributed by atoms with van der Waals surface area (Å²) in [5, 5.41) is 3.49. The van der Waals surface area contributed by atoms with Gasteiger partial charge in [-0.3, -0.25) is 4.90 Å². The maximum Gasteiger partial charge on any atom is 0.0113 e. The van der Waals surface area contributed by atoms with Crippen molar-refractivity contribution in [1.29, 1.82) is 0 Å². The molecule has 2 bridgehead atoms. The van der Waals surface area contributed by atoms with Gasteiger partial charge in [0.05, 0.1) is 0 Å². The summed E-state index contributed by atoms with van der Waals surface area (Å²) in [5.41, 5.74) is 0. The Kier molecular flexibility index (Phi) is 4.26. The zero-order valence-electron chi connectivity index (χ0n) is 11.2. The molecule has 0 aromatic rings. The lowest BCUT2D eigenvalue weighted by Gasteiger charge is -2.49. The maximum atomic E-state index is 3.49. The van der Waals surface area contributed by atoms with Gasteiger partial charge in [0.2, 0.25) is 0 Å². The van der Waals surface area contributed by atoms with Crippen molar-refractivity contribution < 1.29 is 0 Å². The molecule has 0 amide bonds. The van der Waals surface area contributed by atoms with Crippen molar-refractivity contribution >= 4 is 0 Å². The average Bonchev–Trinajstić information content (AvgIpc) is 2.28. The van der Waals surface area contributed by atoms with Gasteiger partial charge in [0.15, 0.2) is 0 Å². The van der Waals surface area contributed by atoms with E-state index in [1.807, 2.05) is 0 Å². The van der Waals surface area contributed by atoms with Crippen LogP contribution in [0.4, 0.5) is 0 Å². The van der Waals surface area contributed by atoms with Crippen LogP contribution in [0.25, 0.3) is 0 Å². The minimum absolute atomic E-state index is 0.781. The molecule has 2 saturated heterocycles. The third-order valence-electron chi connectivity index (χ3n) is 4.75. The lowest BCUT2D eigenvalue weighted by molar-refractivity contribution is 0.0149. The second-order valence-electron chi connectivity index (χ2n) is 5.91. The highest BCUT2D eigenvalue weighted by molar-refractivity contribution is 4.94. The molecule has 0 aliphatic carbocycles. The molecule has 0 radical (unpaired) electrons. The van der Waals surface area contributed by atoms with Crippen molar-refractivity contribution in [2.24, 2.45) is 5.92 Å². The van der Waals surface area contributed by atoms with Gasteiger partial charge in [-0.15, -0.1) is 0 Å². The Morgan fingerprint density at radius 1 is 1.25 bits per heavy atom. The van der Waals surface area contributed by atoms with Crippen LogP contribution in [0.2, 0.25) is 0 Å². The fraction of sp³-hybridized carbons (Fsp3) is 1.00. The minimum Gasteiger partial charge on any atom is -0.317 e. The molecular weight excluding hydrogens is 196 g/mol. The minimum atomic E-state index is 0.781. The van der Waals surface area contributed by atoms with Crippen LogP contribution in [-0.2, 0) is 0 Å². The predicted molar refractivity (Wildman–Crippen MR) is 69.7 cm³/mol. The van der Waals surface area contributed by atoms with E-state index in [9.17, 15) is 0 Å². The van der Waals surface area contributed by atoms with E-state index in [1.54, 1.807) is 0 Å². The first kappa shape index (κ1) is 12.4. The summed E-state index contributed by atoms with van der Waals surface area (Å²) in [4.78, 5) is 2.84. The number of fused-ring (bicyclic) bond motifs is 2. The molecule has 3 atom stereocenters. The topological polar surface area (TPSA) is 15.3 Å². The standard InChI is InChI=1S/C14H28N2/c1-4-11(2)10-16-13-6-5-7-14(16)9-12(8-13)15-3/h11-15H,4-10H2,1-3H3. The highest BCUT2D eigenvalue weighted by Gasteiger charge is 2.37. The molecule has 0 spiro atoms. The number of rotatable bonds is 4. The van der Waals surface area contributed by atoms with Crippen LogP contribution < -0.4 is 5.32 Å². The summed E-state index contributed by atoms with van der Waals surface area (Å²) in [7, 11) is 2.13. The van der Waals surface area contributed by atoms with E-state index in [2.05, 4.69) is 31.1 Å². The van der Waals surface area contributed by atoms with Crippen LogP contribution in [-0.4, -0.2) is 36.6 Å². The molecule has 2 heteroatoms. The molecule has 2 rings (SSSR count). The summed E-state index contributed by atoms with van der Waals surface area (Å²) in [6.07, 6.45) is 8.41. The van der Waals surface area contributed by atoms with Crippen LogP contribution in [0.1, 0.15) is 52.4 Å². The second-order valence-corrected chi connectivity index (χ2v) is 5.91. The molecule has 2 nitrogen and oxygen atoms in total. The number of hydrogen-bond donors (Lipinski definition) is 1. The Morgan fingerprint density at radius 2 is 1.88 bits per heavy atom. The molecule has 3 unspecified atom stereocenters. The third kappa shape index (κ3) is 2.60. The van der Waals surface area contributed by atoms with Gasteiger partial charge < -0.3 is 5.32 Å². The van der Waals surface area contributed by atoms with Gasteiger partial charge in [-0.05, 0) is 38.6 Å². The highest BCUT2D eigenvalue weighted by atomic mass is 15.2. The number of hydrogen-bond acceptors (Lipinski definition) is 2. The van der Waals surface area contributed by atoms with Crippen LogP contribution in [0.3, 0.4) is 0 Å². The lowest BCUT2D eigenvalue weighted by Crippen LogP contribution is -2.56. The predicted octanol–water partition coefficient (Wildman–Crippen LogP) is 2.64. The van der Waals surface area contributed by atoms with E-state index in [-0.39, 0.29) is 0 Å². The van der Waals surface area contributed by atoms with E-state index in [4.69, 9.17) is 0 Å². The summed E-state index contributed by atoms with van der Waals surface area (Å²) < 4.78 is 0. The fourth-order valence-corrected chi connectivity index (χ4v) is 3.50. The fourth-order valence-electron chi connectivity index (χ4n) is 3.50. The molecular formula is C14H28N2. The van der Waals surface area contributed by atoms with E-state index in [0.29, 0.717) is 0 Å². The smallest absolute Gasteiger partial charge is 0.0113 e. The maximum absolute atomic E-state index is 3.49. The van der Waals surface area contributed by atoms with E-state index in [0.717, 1.165) is 24.0 Å². The first-order valence-corrected chi connectivity index (χ1v) is 7.17. The van der Waals surface area contributed by atoms with Gasteiger partial charge in [0, 0.05) is 24.7 Å². The summed E-state index contributed by atoms with van der Waals surface area (Å²) in [5.74, 6) is 0.870. The van der Waals surface area contributed by atoms with Gasteiger partial charge in [-0.1, -0.05) is 26.7 Å². The monoisotopic (exact) mass is 224 g/mol. The van der Waals surface area contributed by atoms with Crippen molar-refractivity contribution in [3.05, 3.63) is 0 Å². The van der Waals surface area contributed by atoms with Crippen molar-refractivity contribution in [2.75, 3.05) is 13.6 Å². The molecule has 0 aromatic carbocycles. The quantitative estimate of drug-likeness (QED) is 0.790. The first-order chi connectivity index (χ1) is 7.74. The largest absolute Gasteiger partial charge is 0.317 e. The van der Waals surface area contributed by atoms with Crippen LogP contribution in [0, 0.1) is 5.92 Å². The van der Waals surface area contributed by atoms with Crippen LogP contribution in [0.15, 0.2) is 0 Å². The SMILES string of the molecule is CCC(C)CN1C2CCCC1CC(NC)C2. The number of nitrogens with one attached hydrogen (secondary N) is 1. The molecule has 2 aliphatic rings. The van der Waals surface area contributed by atoms with Gasteiger partial charge in [-0.25, -0.2) is 0 Å². The lowest BCUT2D eigenvalue weighted by atomic mass is 9.81. The number of nitrogens with zero attached hydrogens (tertiary/aromatic N) is 1. The Labute approximate surface area is 101 Å². The summed E-state index contributed by atoms with van der Waals surface area (Å²) in [6, 6.07) is 2.53. The summed E-state index contributed by atoms with van der Waals surface area (Å²) >= 11 is 0. The molecule has 2 fully saturated rings. The Bertz CT molecular complexity index is 203. The van der Waals surface area contributed by atoms with Crippen molar-refractivity contribution in [1.82, 2.24) is 10.2 Å². The normalized spacial score (nSPS) is 37.3. The first-order valence-electron chi connectivity index (χ1n) is 7.17. The zero-order chi connectivity index (χ0) is 11.5. The molecule has 0 aromatic heterocycles. The van der Waals surface area contributed by atoms with Crippen molar-refractivity contribution in [2.45, 2.75) is 70.5 Å². The van der Waals surface area contributed by atoms with Gasteiger partial charge >= 0.3 is 0 Å². The Balaban J connectivity index is 1.97. The van der Waals surface area contributed by atoms with E-state index >= 15 is 0 Å². The van der Waals surface area contributed by atoms with Gasteiger partial charge in [0.25, 0.3) is 0 Å².